The summed E-state index contributed by atoms with van der Waals surface area (Å²) < 4.78 is 33.7. The largest absolute Gasteiger partial charge is 0.478 e. The molecule has 1 aliphatic heterocycles. The van der Waals surface area contributed by atoms with Crippen molar-refractivity contribution in [2.24, 2.45) is 5.92 Å². The highest BCUT2D eigenvalue weighted by molar-refractivity contribution is 5.89. The van der Waals surface area contributed by atoms with E-state index in [9.17, 15) is 18.4 Å². The molecule has 1 aromatic carbocycles. The van der Waals surface area contributed by atoms with Crippen LogP contribution in [0, 0.1) is 24.5 Å². The number of carboxylic acid groups (broad SMARTS) is 1. The maximum atomic E-state index is 14.4. The fourth-order valence-electron chi connectivity index (χ4n) is 3.03. The molecule has 1 unspecified atom stereocenters. The number of nitrogens with one attached hydrogen (secondary N) is 1. The predicted octanol–water partition coefficient (Wildman–Crippen LogP) is 3.32. The van der Waals surface area contributed by atoms with Gasteiger partial charge in [0, 0.05) is 25.2 Å². The number of alkyl carbamates (subject to hydrolysis) is 1. The number of ether oxygens (including phenoxy) is 1. The Bertz CT molecular complexity index is 716. The monoisotopic (exact) mass is 370 g/mol. The van der Waals surface area contributed by atoms with E-state index in [1.54, 1.807) is 25.7 Å². The minimum atomic E-state index is -1.50. The van der Waals surface area contributed by atoms with E-state index < -0.39 is 34.9 Å². The van der Waals surface area contributed by atoms with Gasteiger partial charge in [-0.15, -0.1) is 0 Å². The van der Waals surface area contributed by atoms with Crippen LogP contribution in [0.2, 0.25) is 0 Å². The molecule has 0 radical (unpaired) electrons. The van der Waals surface area contributed by atoms with Gasteiger partial charge in [0.15, 0.2) is 0 Å². The van der Waals surface area contributed by atoms with Crippen molar-refractivity contribution >= 4 is 17.7 Å². The zero-order valence-electron chi connectivity index (χ0n) is 15.4. The standard InChI is InChI=1S/C18H24F2N2O4/c1-10-14(20)12(16(23)24)7-13(19)15(10)22-6-5-11(9-22)8-21-17(25)26-18(2,3)4/h7,11H,5-6,8-9H2,1-4H3,(H,21,25)(H,23,24). The number of benzene rings is 1. The molecule has 0 aliphatic carbocycles. The van der Waals surface area contributed by atoms with Crippen LogP contribution in [0.1, 0.15) is 43.1 Å². The van der Waals surface area contributed by atoms with Crippen molar-refractivity contribution in [1.29, 1.82) is 0 Å². The van der Waals surface area contributed by atoms with E-state index in [1.807, 2.05) is 0 Å². The number of halogens is 2. The fourth-order valence-corrected chi connectivity index (χ4v) is 3.03. The molecule has 26 heavy (non-hydrogen) atoms. The Morgan fingerprint density at radius 2 is 2.04 bits per heavy atom. The number of aromatic carboxylic acids is 1. The average molecular weight is 370 g/mol. The maximum Gasteiger partial charge on any atom is 0.407 e. The number of amides is 1. The van der Waals surface area contributed by atoms with Gasteiger partial charge in [-0.05, 0) is 46.1 Å². The lowest BCUT2D eigenvalue weighted by atomic mass is 10.1. The van der Waals surface area contributed by atoms with Crippen molar-refractivity contribution in [2.75, 3.05) is 24.5 Å². The Hall–Kier alpha value is -2.38. The fraction of sp³-hybridized carbons (Fsp3) is 0.556. The lowest BCUT2D eigenvalue weighted by Crippen LogP contribution is -2.36. The maximum absolute atomic E-state index is 14.4. The number of hydrogen-bond donors (Lipinski definition) is 2. The average Bonchev–Trinajstić information content (AvgIpc) is 2.95. The summed E-state index contributed by atoms with van der Waals surface area (Å²) >= 11 is 0. The second kappa shape index (κ2) is 7.47. The Kier molecular flexibility index (Phi) is 5.73. The highest BCUT2D eigenvalue weighted by Gasteiger charge is 2.29. The minimum Gasteiger partial charge on any atom is -0.478 e. The molecule has 1 aromatic rings. The van der Waals surface area contributed by atoms with Gasteiger partial charge in [-0.25, -0.2) is 18.4 Å². The minimum absolute atomic E-state index is 0.0249. The topological polar surface area (TPSA) is 78.9 Å². The van der Waals surface area contributed by atoms with E-state index in [4.69, 9.17) is 9.84 Å². The van der Waals surface area contributed by atoms with E-state index >= 15 is 0 Å². The number of carbonyl (C=O) groups is 2. The molecular formula is C18H24F2N2O4. The molecule has 1 aliphatic rings. The summed E-state index contributed by atoms with van der Waals surface area (Å²) in [6.07, 6.45) is 0.173. The SMILES string of the molecule is Cc1c(F)c(C(=O)O)cc(F)c1N1CCC(CNC(=O)OC(C)(C)C)C1. The molecule has 144 valence electrons. The van der Waals surface area contributed by atoms with Crippen LogP contribution in [0.25, 0.3) is 0 Å². The molecule has 8 heteroatoms. The van der Waals surface area contributed by atoms with E-state index in [0.29, 0.717) is 32.1 Å². The van der Waals surface area contributed by atoms with Gasteiger partial charge in [-0.1, -0.05) is 0 Å². The number of carboxylic acids is 1. The van der Waals surface area contributed by atoms with E-state index in [2.05, 4.69) is 5.32 Å². The first-order valence-electron chi connectivity index (χ1n) is 8.43. The zero-order valence-corrected chi connectivity index (χ0v) is 15.4. The van der Waals surface area contributed by atoms with Crippen molar-refractivity contribution in [2.45, 2.75) is 39.7 Å². The van der Waals surface area contributed by atoms with Crippen molar-refractivity contribution < 1.29 is 28.2 Å². The van der Waals surface area contributed by atoms with Gasteiger partial charge in [-0.3, -0.25) is 0 Å². The van der Waals surface area contributed by atoms with Crippen molar-refractivity contribution in [3.8, 4) is 0 Å². The van der Waals surface area contributed by atoms with Crippen molar-refractivity contribution in [1.82, 2.24) is 5.32 Å². The Balaban J connectivity index is 2.04. The van der Waals surface area contributed by atoms with Crippen LogP contribution in [0.15, 0.2) is 6.07 Å². The van der Waals surface area contributed by atoms with Crippen LogP contribution < -0.4 is 10.2 Å². The summed E-state index contributed by atoms with van der Waals surface area (Å²) in [5.74, 6) is -3.13. The second-order valence-corrected chi connectivity index (χ2v) is 7.48. The Morgan fingerprint density at radius 1 is 1.38 bits per heavy atom. The first kappa shape index (κ1) is 19.9. The molecule has 6 nitrogen and oxygen atoms in total. The quantitative estimate of drug-likeness (QED) is 0.850. The Morgan fingerprint density at radius 3 is 2.62 bits per heavy atom. The second-order valence-electron chi connectivity index (χ2n) is 7.48. The highest BCUT2D eigenvalue weighted by Crippen LogP contribution is 2.32. The summed E-state index contributed by atoms with van der Waals surface area (Å²) in [5, 5.41) is 11.6. The van der Waals surface area contributed by atoms with E-state index in [0.717, 1.165) is 0 Å². The molecule has 0 bridgehead atoms. The third-order valence-corrected chi connectivity index (χ3v) is 4.18. The van der Waals surface area contributed by atoms with Crippen LogP contribution in [-0.2, 0) is 4.74 Å². The highest BCUT2D eigenvalue weighted by atomic mass is 19.1. The number of rotatable bonds is 4. The van der Waals surface area contributed by atoms with Crippen LogP contribution in [0.3, 0.4) is 0 Å². The smallest absolute Gasteiger partial charge is 0.407 e. The molecule has 2 rings (SSSR count). The molecule has 2 N–H and O–H groups in total. The lowest BCUT2D eigenvalue weighted by molar-refractivity contribution is 0.0520. The molecule has 1 amide bonds. The van der Waals surface area contributed by atoms with E-state index in [-0.39, 0.29) is 17.2 Å². The molecule has 1 saturated heterocycles. The first-order valence-corrected chi connectivity index (χ1v) is 8.43. The third kappa shape index (κ3) is 4.62. The summed E-state index contributed by atoms with van der Waals surface area (Å²) in [6, 6.07) is 0.715. The molecule has 0 saturated carbocycles. The molecule has 1 heterocycles. The summed E-state index contributed by atoms with van der Waals surface area (Å²) in [5.41, 5.74) is -1.21. The molecule has 0 spiro atoms. The molecule has 1 fully saturated rings. The summed E-state index contributed by atoms with van der Waals surface area (Å²) in [7, 11) is 0. The van der Waals surface area contributed by atoms with E-state index in [1.165, 1.54) is 6.92 Å². The molecule has 0 aromatic heterocycles. The van der Waals surface area contributed by atoms with Gasteiger partial charge < -0.3 is 20.1 Å². The van der Waals surface area contributed by atoms with Gasteiger partial charge in [0.25, 0.3) is 0 Å². The van der Waals surface area contributed by atoms with Gasteiger partial charge in [-0.2, -0.15) is 0 Å². The van der Waals surface area contributed by atoms with Gasteiger partial charge in [0.2, 0.25) is 0 Å². The molecular weight excluding hydrogens is 346 g/mol. The zero-order chi connectivity index (χ0) is 19.6. The summed E-state index contributed by atoms with van der Waals surface area (Å²) in [6.45, 7) is 7.96. The van der Waals surface area contributed by atoms with Crippen LogP contribution >= 0.6 is 0 Å². The van der Waals surface area contributed by atoms with Crippen molar-refractivity contribution in [3.63, 3.8) is 0 Å². The number of anilines is 1. The van der Waals surface area contributed by atoms with Crippen LogP contribution in [0.5, 0.6) is 0 Å². The number of hydrogen-bond acceptors (Lipinski definition) is 4. The van der Waals surface area contributed by atoms with Crippen molar-refractivity contribution in [3.05, 3.63) is 28.8 Å². The normalized spacial score (nSPS) is 17.3. The van der Waals surface area contributed by atoms with Crippen LogP contribution in [-0.4, -0.2) is 42.4 Å². The third-order valence-electron chi connectivity index (χ3n) is 4.18. The van der Waals surface area contributed by atoms with Gasteiger partial charge >= 0.3 is 12.1 Å². The number of nitrogens with zero attached hydrogens (tertiary/aromatic N) is 1. The summed E-state index contributed by atoms with van der Waals surface area (Å²) in [4.78, 5) is 24.4. The van der Waals surface area contributed by atoms with Gasteiger partial charge in [0.05, 0.1) is 11.3 Å². The molecule has 1 atom stereocenters. The Labute approximate surface area is 151 Å². The van der Waals surface area contributed by atoms with Crippen LogP contribution in [0.4, 0.5) is 19.3 Å². The first-order chi connectivity index (χ1) is 12.0. The van der Waals surface area contributed by atoms with Gasteiger partial charge in [0.1, 0.15) is 17.2 Å². The number of carbonyl (C=O) groups excluding carboxylic acids is 1. The lowest BCUT2D eigenvalue weighted by Gasteiger charge is -2.23. The predicted molar refractivity (Wildman–Crippen MR) is 92.6 cm³/mol.